The Hall–Kier alpha value is -1.26. The minimum atomic E-state index is -0.413. The zero-order valence-electron chi connectivity index (χ0n) is 21.6. The maximum absolute atomic E-state index is 12.8. The minimum Gasteiger partial charge on any atom is -0.444 e. The molecule has 0 bridgehead atoms. The van der Waals surface area contributed by atoms with Crippen molar-refractivity contribution in [2.45, 2.75) is 116 Å². The first-order valence-corrected chi connectivity index (χ1v) is 14.0. The zero-order chi connectivity index (χ0) is 23.5. The van der Waals surface area contributed by atoms with Crippen LogP contribution in [-0.4, -0.2) is 53.6 Å². The van der Waals surface area contributed by atoms with Gasteiger partial charge in [-0.05, 0) is 109 Å². The van der Waals surface area contributed by atoms with E-state index in [-0.39, 0.29) is 6.09 Å². The smallest absolute Gasteiger partial charge is 0.410 e. The van der Waals surface area contributed by atoms with Gasteiger partial charge in [0.2, 0.25) is 5.91 Å². The normalized spacial score (nSPS) is 25.9. The number of amides is 2. The average molecular weight is 461 g/mol. The van der Waals surface area contributed by atoms with Crippen LogP contribution in [0.5, 0.6) is 0 Å². The molecule has 0 radical (unpaired) electrons. The van der Waals surface area contributed by atoms with Gasteiger partial charge in [0.15, 0.2) is 0 Å². The van der Waals surface area contributed by atoms with Crippen molar-refractivity contribution in [2.24, 2.45) is 23.2 Å². The summed E-state index contributed by atoms with van der Waals surface area (Å²) in [7, 11) is 0. The van der Waals surface area contributed by atoms with Crippen molar-refractivity contribution in [2.75, 3.05) is 26.2 Å². The number of carbonyl (C=O) groups is 2. The number of hydrogen-bond donors (Lipinski definition) is 0. The van der Waals surface area contributed by atoms with Crippen LogP contribution in [0.2, 0.25) is 0 Å². The van der Waals surface area contributed by atoms with E-state index < -0.39 is 5.60 Å². The minimum absolute atomic E-state index is 0.139. The first kappa shape index (κ1) is 24.9. The lowest BCUT2D eigenvalue weighted by Crippen LogP contribution is -2.46. The van der Waals surface area contributed by atoms with Crippen LogP contribution in [0.3, 0.4) is 0 Å². The quantitative estimate of drug-likeness (QED) is 0.489. The summed E-state index contributed by atoms with van der Waals surface area (Å²) in [4.78, 5) is 29.4. The van der Waals surface area contributed by atoms with Crippen LogP contribution in [0.15, 0.2) is 0 Å². The van der Waals surface area contributed by atoms with Gasteiger partial charge in [0.1, 0.15) is 5.60 Å². The molecule has 0 N–H and O–H groups in total. The van der Waals surface area contributed by atoms with Gasteiger partial charge in [0, 0.05) is 32.1 Å². The lowest BCUT2D eigenvalue weighted by atomic mass is 9.64. The molecule has 5 nitrogen and oxygen atoms in total. The van der Waals surface area contributed by atoms with Crippen LogP contribution in [0.1, 0.15) is 111 Å². The SMILES string of the molecule is CC(C)(C)OC(=O)N1CCC2(CCC(CC3CCN(C(=O)C4CCCCC4)CC3)CC2)CC1. The van der Waals surface area contributed by atoms with Gasteiger partial charge in [0.05, 0.1) is 0 Å². The Morgan fingerprint density at radius 2 is 1.33 bits per heavy atom. The van der Waals surface area contributed by atoms with Crippen LogP contribution in [-0.2, 0) is 9.53 Å². The summed E-state index contributed by atoms with van der Waals surface area (Å²) in [6, 6.07) is 0. The molecule has 4 fully saturated rings. The first-order valence-electron chi connectivity index (χ1n) is 14.0. The van der Waals surface area contributed by atoms with Crippen molar-refractivity contribution in [3.63, 3.8) is 0 Å². The summed E-state index contributed by atoms with van der Waals surface area (Å²) in [5.41, 5.74) is 0.0500. The third-order valence-corrected chi connectivity index (χ3v) is 9.19. The second-order valence-corrected chi connectivity index (χ2v) is 12.8. The maximum atomic E-state index is 12.8. The van der Waals surface area contributed by atoms with E-state index in [1.165, 1.54) is 64.2 Å². The van der Waals surface area contributed by atoms with Crippen LogP contribution in [0.25, 0.3) is 0 Å². The number of nitrogens with zero attached hydrogens (tertiary/aromatic N) is 2. The monoisotopic (exact) mass is 460 g/mol. The third-order valence-electron chi connectivity index (χ3n) is 9.19. The van der Waals surface area contributed by atoms with Gasteiger partial charge >= 0.3 is 6.09 Å². The second-order valence-electron chi connectivity index (χ2n) is 12.8. The average Bonchev–Trinajstić information content (AvgIpc) is 2.81. The molecular weight excluding hydrogens is 412 g/mol. The molecule has 0 aromatic rings. The van der Waals surface area contributed by atoms with Gasteiger partial charge in [-0.15, -0.1) is 0 Å². The number of rotatable bonds is 3. The van der Waals surface area contributed by atoms with E-state index in [2.05, 4.69) is 4.90 Å². The molecule has 0 aromatic heterocycles. The van der Waals surface area contributed by atoms with Crippen LogP contribution >= 0.6 is 0 Å². The van der Waals surface area contributed by atoms with Gasteiger partial charge in [-0.3, -0.25) is 4.79 Å². The van der Waals surface area contributed by atoms with E-state index in [1.807, 2.05) is 25.7 Å². The predicted octanol–water partition coefficient (Wildman–Crippen LogP) is 6.40. The second kappa shape index (κ2) is 10.6. The third kappa shape index (κ3) is 6.66. The van der Waals surface area contributed by atoms with Crippen molar-refractivity contribution in [1.82, 2.24) is 9.80 Å². The highest BCUT2D eigenvalue weighted by Crippen LogP contribution is 2.48. The summed E-state index contributed by atoms with van der Waals surface area (Å²) in [6.45, 7) is 9.52. The molecule has 0 aromatic carbocycles. The molecule has 0 unspecified atom stereocenters. The number of hydrogen-bond acceptors (Lipinski definition) is 3. The molecule has 2 amide bonds. The van der Waals surface area contributed by atoms with Gasteiger partial charge in [-0.25, -0.2) is 4.79 Å². The van der Waals surface area contributed by atoms with E-state index in [9.17, 15) is 9.59 Å². The molecular formula is C28H48N2O3. The molecule has 1 spiro atoms. The molecule has 2 aliphatic heterocycles. The molecule has 5 heteroatoms. The van der Waals surface area contributed by atoms with Gasteiger partial charge in [-0.1, -0.05) is 19.3 Å². The van der Waals surface area contributed by atoms with Crippen molar-refractivity contribution < 1.29 is 14.3 Å². The number of likely N-dealkylation sites (tertiary alicyclic amines) is 2. The van der Waals surface area contributed by atoms with Crippen LogP contribution < -0.4 is 0 Å². The fraction of sp³-hybridized carbons (Fsp3) is 0.929. The van der Waals surface area contributed by atoms with Crippen molar-refractivity contribution in [1.29, 1.82) is 0 Å². The molecule has 2 heterocycles. The highest BCUT2D eigenvalue weighted by molar-refractivity contribution is 5.79. The van der Waals surface area contributed by atoms with Gasteiger partial charge < -0.3 is 14.5 Å². The fourth-order valence-corrected chi connectivity index (χ4v) is 6.98. The lowest BCUT2D eigenvalue weighted by Gasteiger charge is -2.46. The number of ether oxygens (including phenoxy) is 1. The van der Waals surface area contributed by atoms with E-state index >= 15 is 0 Å². The van der Waals surface area contributed by atoms with Gasteiger partial charge in [-0.2, -0.15) is 0 Å². The molecule has 188 valence electrons. The Kier molecular flexibility index (Phi) is 7.95. The van der Waals surface area contributed by atoms with Crippen molar-refractivity contribution in [3.8, 4) is 0 Å². The summed E-state index contributed by atoms with van der Waals surface area (Å²) in [5.74, 6) is 2.47. The topological polar surface area (TPSA) is 49.9 Å². The Bertz CT molecular complexity index is 653. The highest BCUT2D eigenvalue weighted by Gasteiger charge is 2.40. The molecule has 2 saturated carbocycles. The summed E-state index contributed by atoms with van der Waals surface area (Å²) >= 11 is 0. The Morgan fingerprint density at radius 3 is 1.91 bits per heavy atom. The zero-order valence-corrected chi connectivity index (χ0v) is 21.6. The maximum Gasteiger partial charge on any atom is 0.410 e. The molecule has 33 heavy (non-hydrogen) atoms. The summed E-state index contributed by atoms with van der Waals surface area (Å²) in [5, 5.41) is 0. The van der Waals surface area contributed by atoms with E-state index in [4.69, 9.17) is 4.74 Å². The highest BCUT2D eigenvalue weighted by atomic mass is 16.6. The Labute approximate surface area is 202 Å². The first-order chi connectivity index (χ1) is 15.7. The van der Waals surface area contributed by atoms with Gasteiger partial charge in [0.25, 0.3) is 0 Å². The fourth-order valence-electron chi connectivity index (χ4n) is 6.98. The molecule has 0 atom stereocenters. The Balaban J connectivity index is 1.15. The largest absolute Gasteiger partial charge is 0.444 e. The van der Waals surface area contributed by atoms with Crippen LogP contribution in [0, 0.1) is 23.2 Å². The van der Waals surface area contributed by atoms with E-state index in [0.717, 1.165) is 63.7 Å². The molecule has 2 saturated heterocycles. The number of carbonyl (C=O) groups excluding carboxylic acids is 2. The van der Waals surface area contributed by atoms with E-state index in [1.54, 1.807) is 0 Å². The number of piperidine rings is 2. The summed E-state index contributed by atoms with van der Waals surface area (Å²) in [6.07, 6.45) is 17.4. The van der Waals surface area contributed by atoms with Crippen molar-refractivity contribution >= 4 is 12.0 Å². The Morgan fingerprint density at radius 1 is 0.758 bits per heavy atom. The standard InChI is InChI=1S/C28H48N2O3/c1-27(2,3)33-26(32)30-19-15-28(16-20-30)13-9-22(10-14-28)21-23-11-17-29(18-12-23)25(31)24-7-5-4-6-8-24/h22-24H,4-21H2,1-3H3. The molecule has 4 rings (SSSR count). The summed E-state index contributed by atoms with van der Waals surface area (Å²) < 4.78 is 5.57. The van der Waals surface area contributed by atoms with Crippen LogP contribution in [0.4, 0.5) is 4.79 Å². The molecule has 4 aliphatic rings. The lowest BCUT2D eigenvalue weighted by molar-refractivity contribution is -0.138. The van der Waals surface area contributed by atoms with Crippen molar-refractivity contribution in [3.05, 3.63) is 0 Å². The van der Waals surface area contributed by atoms with E-state index in [0.29, 0.717) is 17.2 Å². The molecule has 2 aliphatic carbocycles. The predicted molar refractivity (Wildman–Crippen MR) is 132 cm³/mol.